The lowest BCUT2D eigenvalue weighted by molar-refractivity contribution is 0.655. The summed E-state index contributed by atoms with van der Waals surface area (Å²) in [4.78, 5) is 19.0. The van der Waals surface area contributed by atoms with Crippen molar-refractivity contribution in [3.8, 4) is 5.69 Å². The summed E-state index contributed by atoms with van der Waals surface area (Å²) in [5, 5.41) is 4.24. The third-order valence-corrected chi connectivity index (χ3v) is 3.54. The highest BCUT2D eigenvalue weighted by Gasteiger charge is 2.04. The predicted molar refractivity (Wildman–Crippen MR) is 98.4 cm³/mol. The minimum atomic E-state index is -0.288. The van der Waals surface area contributed by atoms with E-state index >= 15 is 0 Å². The van der Waals surface area contributed by atoms with Gasteiger partial charge in [-0.25, -0.2) is 4.79 Å². The molecule has 0 fully saturated rings. The first-order chi connectivity index (χ1) is 11.8. The quantitative estimate of drug-likeness (QED) is 0.605. The smallest absolute Gasteiger partial charge is 0.346 e. The van der Waals surface area contributed by atoms with Gasteiger partial charge in [0.15, 0.2) is 0 Å². The average Bonchev–Trinajstić information content (AvgIpc) is 3.07. The van der Waals surface area contributed by atoms with E-state index in [1.165, 1.54) is 5.56 Å². The Morgan fingerprint density at radius 2 is 1.96 bits per heavy atom. The summed E-state index contributed by atoms with van der Waals surface area (Å²) in [5.41, 5.74) is 7.76. The Morgan fingerprint density at radius 1 is 1.21 bits per heavy atom. The van der Waals surface area contributed by atoms with Gasteiger partial charge in [-0.15, -0.1) is 0 Å². The molecular formula is C18H25N5O. The number of aromatic amines is 1. The highest BCUT2D eigenvalue weighted by atomic mass is 16.1. The normalized spacial score (nSPS) is 10.5. The SMILES string of the molecule is CC.NCCCNCc1ccc(-n2cc3cc[nH]c3nc2=O)cc1. The molecule has 0 saturated carbocycles. The van der Waals surface area contributed by atoms with Crippen LogP contribution in [0.3, 0.4) is 0 Å². The molecule has 0 aliphatic heterocycles. The summed E-state index contributed by atoms with van der Waals surface area (Å²) in [6.45, 7) is 6.40. The zero-order valence-corrected chi connectivity index (χ0v) is 14.2. The molecule has 0 unspecified atom stereocenters. The second-order valence-electron chi connectivity index (χ2n) is 5.16. The zero-order chi connectivity index (χ0) is 17.4. The fraction of sp³-hybridized carbons (Fsp3) is 0.333. The summed E-state index contributed by atoms with van der Waals surface area (Å²) < 4.78 is 1.56. The third kappa shape index (κ3) is 4.31. The molecule has 4 N–H and O–H groups in total. The summed E-state index contributed by atoms with van der Waals surface area (Å²) in [7, 11) is 0. The minimum Gasteiger partial charge on any atom is -0.346 e. The molecule has 0 atom stereocenters. The van der Waals surface area contributed by atoms with Gasteiger partial charge in [-0.3, -0.25) is 4.57 Å². The van der Waals surface area contributed by atoms with Crippen LogP contribution < -0.4 is 16.7 Å². The number of benzene rings is 1. The maximum Gasteiger partial charge on any atom is 0.354 e. The molecule has 24 heavy (non-hydrogen) atoms. The van der Waals surface area contributed by atoms with Crippen LogP contribution in [0.1, 0.15) is 25.8 Å². The van der Waals surface area contributed by atoms with Crippen molar-refractivity contribution in [3.05, 3.63) is 58.8 Å². The van der Waals surface area contributed by atoms with Crippen molar-refractivity contribution in [1.29, 1.82) is 0 Å². The van der Waals surface area contributed by atoms with E-state index in [0.29, 0.717) is 12.2 Å². The van der Waals surface area contributed by atoms with Crippen molar-refractivity contribution in [2.24, 2.45) is 5.73 Å². The fourth-order valence-corrected chi connectivity index (χ4v) is 2.34. The topological polar surface area (TPSA) is 88.7 Å². The Bertz CT molecular complexity index is 804. The van der Waals surface area contributed by atoms with Crippen molar-refractivity contribution in [2.75, 3.05) is 13.1 Å². The second-order valence-corrected chi connectivity index (χ2v) is 5.16. The number of rotatable bonds is 6. The molecule has 0 spiro atoms. The number of nitrogens with one attached hydrogen (secondary N) is 2. The van der Waals surface area contributed by atoms with Gasteiger partial charge in [-0.1, -0.05) is 26.0 Å². The van der Waals surface area contributed by atoms with Gasteiger partial charge in [0, 0.05) is 24.3 Å². The predicted octanol–water partition coefficient (Wildman–Crippen LogP) is 2.18. The molecule has 128 valence electrons. The molecule has 0 saturated heterocycles. The summed E-state index contributed by atoms with van der Waals surface area (Å²) >= 11 is 0. The van der Waals surface area contributed by atoms with Crippen LogP contribution in [0.25, 0.3) is 16.7 Å². The molecule has 3 rings (SSSR count). The van der Waals surface area contributed by atoms with Crippen molar-refractivity contribution in [1.82, 2.24) is 19.9 Å². The van der Waals surface area contributed by atoms with E-state index in [4.69, 9.17) is 5.73 Å². The van der Waals surface area contributed by atoms with Crippen molar-refractivity contribution >= 4 is 11.0 Å². The van der Waals surface area contributed by atoms with Crippen molar-refractivity contribution in [3.63, 3.8) is 0 Å². The number of hydrogen-bond acceptors (Lipinski definition) is 4. The van der Waals surface area contributed by atoms with Crippen LogP contribution in [0.15, 0.2) is 47.5 Å². The van der Waals surface area contributed by atoms with Gasteiger partial charge < -0.3 is 16.0 Å². The maximum atomic E-state index is 12.1. The molecule has 2 heterocycles. The fourth-order valence-electron chi connectivity index (χ4n) is 2.34. The van der Waals surface area contributed by atoms with E-state index in [0.717, 1.165) is 30.6 Å². The van der Waals surface area contributed by atoms with E-state index in [9.17, 15) is 4.79 Å². The first kappa shape index (κ1) is 17.9. The Morgan fingerprint density at radius 3 is 2.67 bits per heavy atom. The molecule has 0 aliphatic rings. The Kier molecular flexibility index (Phi) is 6.72. The van der Waals surface area contributed by atoms with Crippen LogP contribution in [0, 0.1) is 0 Å². The molecule has 0 amide bonds. The summed E-state index contributed by atoms with van der Waals surface area (Å²) in [5.74, 6) is 0. The van der Waals surface area contributed by atoms with Crippen LogP contribution >= 0.6 is 0 Å². The highest BCUT2D eigenvalue weighted by molar-refractivity contribution is 5.74. The number of nitrogens with two attached hydrogens (primary N) is 1. The third-order valence-electron chi connectivity index (χ3n) is 3.54. The number of nitrogens with zero attached hydrogens (tertiary/aromatic N) is 2. The average molecular weight is 327 g/mol. The Labute approximate surface area is 141 Å². The molecule has 1 aromatic carbocycles. The van der Waals surface area contributed by atoms with E-state index < -0.39 is 0 Å². The first-order valence-corrected chi connectivity index (χ1v) is 8.35. The summed E-state index contributed by atoms with van der Waals surface area (Å²) in [6, 6.07) is 9.79. The van der Waals surface area contributed by atoms with E-state index in [1.807, 2.05) is 44.2 Å². The highest BCUT2D eigenvalue weighted by Crippen LogP contribution is 2.11. The van der Waals surface area contributed by atoms with Gasteiger partial charge in [0.25, 0.3) is 0 Å². The van der Waals surface area contributed by atoms with Crippen LogP contribution in [0.4, 0.5) is 0 Å². The summed E-state index contributed by atoms with van der Waals surface area (Å²) in [6.07, 6.45) is 4.54. The van der Waals surface area contributed by atoms with Gasteiger partial charge in [0.05, 0.1) is 5.69 Å². The van der Waals surface area contributed by atoms with Crippen LogP contribution in [-0.4, -0.2) is 27.6 Å². The van der Waals surface area contributed by atoms with E-state index in [-0.39, 0.29) is 5.69 Å². The Balaban J connectivity index is 0.00000100. The van der Waals surface area contributed by atoms with Gasteiger partial charge >= 0.3 is 5.69 Å². The Hall–Kier alpha value is -2.44. The zero-order valence-electron chi connectivity index (χ0n) is 14.2. The lowest BCUT2D eigenvalue weighted by Crippen LogP contribution is -2.20. The number of H-pyrrole nitrogens is 1. The van der Waals surface area contributed by atoms with E-state index in [2.05, 4.69) is 15.3 Å². The van der Waals surface area contributed by atoms with Gasteiger partial charge in [0.2, 0.25) is 0 Å². The molecule has 3 aromatic rings. The van der Waals surface area contributed by atoms with Crippen LogP contribution in [0.5, 0.6) is 0 Å². The lowest BCUT2D eigenvalue weighted by atomic mass is 10.2. The maximum absolute atomic E-state index is 12.1. The first-order valence-electron chi connectivity index (χ1n) is 8.35. The van der Waals surface area contributed by atoms with E-state index in [1.54, 1.807) is 17.0 Å². The van der Waals surface area contributed by atoms with Gasteiger partial charge in [0.1, 0.15) is 5.65 Å². The largest absolute Gasteiger partial charge is 0.354 e. The standard InChI is InChI=1S/C16H19N5O.C2H6/c17-7-1-8-18-10-12-2-4-14(5-3-12)21-11-13-6-9-19-15(13)20-16(21)22;1-2/h2-6,9,11,18H,1,7-8,10,17H2,(H,19,20,22);1-2H3. The molecule has 6 heteroatoms. The van der Waals surface area contributed by atoms with Gasteiger partial charge in [-0.05, 0) is 43.3 Å². The van der Waals surface area contributed by atoms with Crippen LogP contribution in [-0.2, 0) is 6.54 Å². The molecule has 0 bridgehead atoms. The molecular weight excluding hydrogens is 302 g/mol. The number of aromatic nitrogens is 3. The van der Waals surface area contributed by atoms with Crippen molar-refractivity contribution < 1.29 is 0 Å². The monoisotopic (exact) mass is 327 g/mol. The van der Waals surface area contributed by atoms with Crippen LogP contribution in [0.2, 0.25) is 0 Å². The molecule has 0 radical (unpaired) electrons. The lowest BCUT2D eigenvalue weighted by Gasteiger charge is -2.07. The van der Waals surface area contributed by atoms with Gasteiger partial charge in [-0.2, -0.15) is 4.98 Å². The minimum absolute atomic E-state index is 0.288. The van der Waals surface area contributed by atoms with Crippen molar-refractivity contribution in [2.45, 2.75) is 26.8 Å². The number of hydrogen-bond donors (Lipinski definition) is 3. The second kappa shape index (κ2) is 9.00. The molecule has 0 aliphatic carbocycles. The molecule has 6 nitrogen and oxygen atoms in total. The molecule has 2 aromatic heterocycles. The number of fused-ring (bicyclic) bond motifs is 1.